The molecule has 0 amide bonds. The first-order chi connectivity index (χ1) is 12.2. The van der Waals surface area contributed by atoms with Crippen LogP contribution in [0.25, 0.3) is 21.7 Å². The molecule has 6 nitrogen and oxygen atoms in total. The summed E-state index contributed by atoms with van der Waals surface area (Å²) in [5.41, 5.74) is 3.88. The van der Waals surface area contributed by atoms with Crippen molar-refractivity contribution in [1.29, 1.82) is 0 Å². The van der Waals surface area contributed by atoms with E-state index in [1.165, 1.54) is 11.3 Å². The molecule has 2 heterocycles. The van der Waals surface area contributed by atoms with Crippen molar-refractivity contribution < 1.29 is 13.9 Å². The van der Waals surface area contributed by atoms with Crippen molar-refractivity contribution in [3.05, 3.63) is 65.5 Å². The first-order valence-corrected chi connectivity index (χ1v) is 8.52. The number of nitrogens with zero attached hydrogens (tertiary/aromatic N) is 3. The minimum Gasteiger partial charge on any atom is -0.449 e. The molecule has 0 aliphatic carbocycles. The van der Waals surface area contributed by atoms with Crippen LogP contribution >= 0.6 is 11.3 Å². The van der Waals surface area contributed by atoms with Crippen LogP contribution in [0.2, 0.25) is 0 Å². The van der Waals surface area contributed by atoms with Crippen LogP contribution in [0, 0.1) is 0 Å². The number of carbonyl (C=O) groups excluding carboxylic acids is 1. The Kier molecular flexibility index (Phi) is 3.99. The smallest absolute Gasteiger partial charge is 0.338 e. The Hall–Kier alpha value is -3.06. The van der Waals surface area contributed by atoms with Crippen molar-refractivity contribution >= 4 is 27.5 Å². The minimum absolute atomic E-state index is 0.256. The van der Waals surface area contributed by atoms with E-state index in [1.807, 2.05) is 30.3 Å². The van der Waals surface area contributed by atoms with Gasteiger partial charge in [-0.2, -0.15) is 0 Å². The van der Waals surface area contributed by atoms with Gasteiger partial charge in [-0.05, 0) is 37.3 Å². The second kappa shape index (κ2) is 6.45. The maximum Gasteiger partial charge on any atom is 0.338 e. The number of rotatable bonds is 4. The van der Waals surface area contributed by atoms with E-state index in [2.05, 4.69) is 15.2 Å². The fourth-order valence-corrected chi connectivity index (χ4v) is 3.07. The third kappa shape index (κ3) is 3.14. The average Bonchev–Trinajstić information content (AvgIpc) is 3.31. The zero-order chi connectivity index (χ0) is 17.2. The number of thiazole rings is 1. The predicted octanol–water partition coefficient (Wildman–Crippen LogP) is 4.26. The molecule has 0 N–H and O–H groups in total. The van der Waals surface area contributed by atoms with Crippen molar-refractivity contribution in [1.82, 2.24) is 15.2 Å². The summed E-state index contributed by atoms with van der Waals surface area (Å²) in [5, 5.41) is 7.99. The number of benzene rings is 2. The fraction of sp³-hybridized carbons (Fsp3) is 0.111. The van der Waals surface area contributed by atoms with Gasteiger partial charge in [0.25, 0.3) is 5.89 Å². The number of aromatic nitrogens is 3. The third-order valence-electron chi connectivity index (χ3n) is 3.66. The van der Waals surface area contributed by atoms with Crippen LogP contribution in [-0.2, 0) is 4.74 Å². The molecule has 0 aliphatic rings. The lowest BCUT2D eigenvalue weighted by Crippen LogP contribution is -2.09. The molecule has 2 aromatic heterocycles. The molecule has 2 aromatic carbocycles. The zero-order valence-electron chi connectivity index (χ0n) is 13.2. The van der Waals surface area contributed by atoms with Crippen LogP contribution in [-0.4, -0.2) is 21.2 Å². The largest absolute Gasteiger partial charge is 0.449 e. The molecule has 0 radical (unpaired) electrons. The highest BCUT2D eigenvalue weighted by molar-refractivity contribution is 7.16. The van der Waals surface area contributed by atoms with Gasteiger partial charge in [0.2, 0.25) is 5.89 Å². The van der Waals surface area contributed by atoms with Gasteiger partial charge in [-0.3, -0.25) is 0 Å². The standard InChI is InChI=1S/C18H13N3O3S/c1-11(16-20-21-17(24-16)12-5-3-2-4-6-12)23-18(22)13-7-8-14-15(9-13)25-10-19-14/h2-11H,1H3. The number of carbonyl (C=O) groups is 1. The summed E-state index contributed by atoms with van der Waals surface area (Å²) in [6.07, 6.45) is -0.644. The first-order valence-electron chi connectivity index (χ1n) is 7.64. The molecule has 0 bridgehead atoms. The third-order valence-corrected chi connectivity index (χ3v) is 4.45. The van der Waals surface area contributed by atoms with Gasteiger partial charge < -0.3 is 9.15 Å². The molecule has 0 spiro atoms. The molecule has 0 fully saturated rings. The van der Waals surface area contributed by atoms with Gasteiger partial charge in [0, 0.05) is 5.56 Å². The van der Waals surface area contributed by atoms with Crippen LogP contribution in [0.5, 0.6) is 0 Å². The Bertz CT molecular complexity index is 1030. The Labute approximate surface area is 147 Å². The number of esters is 1. The van der Waals surface area contributed by atoms with Crippen molar-refractivity contribution in [3.8, 4) is 11.5 Å². The van der Waals surface area contributed by atoms with Crippen molar-refractivity contribution in [3.63, 3.8) is 0 Å². The van der Waals surface area contributed by atoms with Gasteiger partial charge in [-0.1, -0.05) is 18.2 Å². The Morgan fingerprint density at radius 3 is 2.84 bits per heavy atom. The van der Waals surface area contributed by atoms with E-state index in [-0.39, 0.29) is 5.89 Å². The lowest BCUT2D eigenvalue weighted by atomic mass is 10.2. The molecule has 4 aromatic rings. The monoisotopic (exact) mass is 351 g/mol. The average molecular weight is 351 g/mol. The van der Waals surface area contributed by atoms with Crippen LogP contribution in [0.4, 0.5) is 0 Å². The lowest BCUT2D eigenvalue weighted by molar-refractivity contribution is 0.0280. The number of ether oxygens (including phenoxy) is 1. The molecule has 7 heteroatoms. The SMILES string of the molecule is CC(OC(=O)c1ccc2ncsc2c1)c1nnc(-c2ccccc2)o1. The molecular formula is C18H13N3O3S. The van der Waals surface area contributed by atoms with E-state index in [4.69, 9.17) is 9.15 Å². The highest BCUT2D eigenvalue weighted by Gasteiger charge is 2.20. The van der Waals surface area contributed by atoms with Crippen LogP contribution < -0.4 is 0 Å². The molecule has 1 unspecified atom stereocenters. The van der Waals surface area contributed by atoms with Gasteiger partial charge in [-0.25, -0.2) is 9.78 Å². The summed E-state index contributed by atoms with van der Waals surface area (Å²) in [6.45, 7) is 1.70. The number of fused-ring (bicyclic) bond motifs is 1. The highest BCUT2D eigenvalue weighted by Crippen LogP contribution is 2.24. The van der Waals surface area contributed by atoms with E-state index in [1.54, 1.807) is 30.6 Å². The predicted molar refractivity (Wildman–Crippen MR) is 93.2 cm³/mol. The van der Waals surface area contributed by atoms with Crippen molar-refractivity contribution in [2.45, 2.75) is 13.0 Å². The zero-order valence-corrected chi connectivity index (χ0v) is 14.1. The van der Waals surface area contributed by atoms with Crippen LogP contribution in [0.1, 0.15) is 29.3 Å². The topological polar surface area (TPSA) is 78.1 Å². The minimum atomic E-state index is -0.644. The maximum atomic E-state index is 12.3. The highest BCUT2D eigenvalue weighted by atomic mass is 32.1. The molecule has 0 saturated heterocycles. The Morgan fingerprint density at radius 2 is 2.00 bits per heavy atom. The summed E-state index contributed by atoms with van der Waals surface area (Å²) in [6, 6.07) is 14.7. The van der Waals surface area contributed by atoms with Crippen LogP contribution in [0.3, 0.4) is 0 Å². The summed E-state index contributed by atoms with van der Waals surface area (Å²) in [7, 11) is 0. The van der Waals surface area contributed by atoms with Crippen molar-refractivity contribution in [2.75, 3.05) is 0 Å². The molecule has 1 atom stereocenters. The van der Waals surface area contributed by atoms with Crippen LogP contribution in [0.15, 0.2) is 58.5 Å². The van der Waals surface area contributed by atoms with Gasteiger partial charge in [-0.15, -0.1) is 21.5 Å². The maximum absolute atomic E-state index is 12.3. The van der Waals surface area contributed by atoms with Gasteiger partial charge in [0.1, 0.15) is 0 Å². The van der Waals surface area contributed by atoms with E-state index < -0.39 is 12.1 Å². The van der Waals surface area contributed by atoms with Gasteiger partial charge >= 0.3 is 5.97 Å². The lowest BCUT2D eigenvalue weighted by Gasteiger charge is -2.09. The van der Waals surface area contributed by atoms with Crippen molar-refractivity contribution in [2.24, 2.45) is 0 Å². The van der Waals surface area contributed by atoms with Gasteiger partial charge in [0.15, 0.2) is 6.10 Å². The molecule has 0 saturated carbocycles. The Balaban J connectivity index is 1.50. The molecule has 25 heavy (non-hydrogen) atoms. The summed E-state index contributed by atoms with van der Waals surface area (Å²) in [4.78, 5) is 16.5. The second-order valence-corrected chi connectivity index (χ2v) is 6.28. The normalized spacial score (nSPS) is 12.2. The summed E-state index contributed by atoms with van der Waals surface area (Å²) < 4.78 is 12.0. The fourth-order valence-electron chi connectivity index (χ4n) is 2.36. The van der Waals surface area contributed by atoms with E-state index in [9.17, 15) is 4.79 Å². The number of hydrogen-bond acceptors (Lipinski definition) is 7. The van der Waals surface area contributed by atoms with E-state index >= 15 is 0 Å². The Morgan fingerprint density at radius 1 is 1.16 bits per heavy atom. The first kappa shape index (κ1) is 15.5. The molecule has 4 rings (SSSR count). The number of hydrogen-bond donors (Lipinski definition) is 0. The summed E-state index contributed by atoms with van der Waals surface area (Å²) in [5.74, 6) is 0.206. The van der Waals surface area contributed by atoms with E-state index in [0.29, 0.717) is 11.5 Å². The quantitative estimate of drug-likeness (QED) is 0.511. The summed E-state index contributed by atoms with van der Waals surface area (Å²) >= 11 is 1.48. The van der Waals surface area contributed by atoms with Gasteiger partial charge in [0.05, 0.1) is 21.3 Å². The second-order valence-electron chi connectivity index (χ2n) is 5.39. The molecule has 0 aliphatic heterocycles. The molecular weight excluding hydrogens is 338 g/mol. The molecule has 124 valence electrons. The van der Waals surface area contributed by atoms with E-state index in [0.717, 1.165) is 15.8 Å².